The van der Waals surface area contributed by atoms with Gasteiger partial charge in [0.2, 0.25) is 0 Å². The summed E-state index contributed by atoms with van der Waals surface area (Å²) in [6.45, 7) is 8.20. The Balaban J connectivity index is 1.88. The first-order valence-corrected chi connectivity index (χ1v) is 10.5. The van der Waals surface area contributed by atoms with Crippen molar-refractivity contribution < 1.29 is 9.59 Å². The minimum absolute atomic E-state index is 0.112. The molecule has 0 radical (unpaired) electrons. The number of Topliss-reactive ketones (excluding diaryl/α,β-unsaturated/α-hetero) is 2. The van der Waals surface area contributed by atoms with Crippen molar-refractivity contribution in [2.24, 2.45) is 11.8 Å². The van der Waals surface area contributed by atoms with Crippen molar-refractivity contribution in [3.05, 3.63) is 106 Å². The average Bonchev–Trinajstić information content (AvgIpc) is 2.74. The molecule has 0 N–H and O–H groups in total. The molecule has 0 unspecified atom stereocenters. The second kappa shape index (κ2) is 7.87. The third-order valence-electron chi connectivity index (χ3n) is 5.80. The second-order valence-corrected chi connectivity index (χ2v) is 8.50. The number of ketones is 2. The van der Waals surface area contributed by atoms with Gasteiger partial charge in [-0.05, 0) is 46.3 Å². The van der Waals surface area contributed by atoms with E-state index >= 15 is 0 Å². The Morgan fingerprint density at radius 1 is 0.567 bits per heavy atom. The summed E-state index contributed by atoms with van der Waals surface area (Å²) in [5.74, 6) is 0.534. The minimum Gasteiger partial charge on any atom is -0.289 e. The van der Waals surface area contributed by atoms with Gasteiger partial charge >= 0.3 is 0 Å². The van der Waals surface area contributed by atoms with E-state index in [1.165, 1.54) is 0 Å². The Morgan fingerprint density at radius 2 is 0.900 bits per heavy atom. The third kappa shape index (κ3) is 3.43. The van der Waals surface area contributed by atoms with Crippen LogP contribution in [0.15, 0.2) is 84.0 Å². The largest absolute Gasteiger partial charge is 0.289 e. The number of hydrogen-bond donors (Lipinski definition) is 0. The van der Waals surface area contributed by atoms with Crippen molar-refractivity contribution in [3.8, 4) is 0 Å². The monoisotopic (exact) mass is 394 g/mol. The summed E-state index contributed by atoms with van der Waals surface area (Å²) in [5, 5.41) is 0. The van der Waals surface area contributed by atoms with Gasteiger partial charge in [0.1, 0.15) is 0 Å². The first kappa shape index (κ1) is 20.0. The molecule has 2 nitrogen and oxygen atoms in total. The van der Waals surface area contributed by atoms with Crippen LogP contribution in [0.1, 0.15) is 59.5 Å². The summed E-state index contributed by atoms with van der Waals surface area (Å²) in [4.78, 5) is 25.7. The summed E-state index contributed by atoms with van der Waals surface area (Å²) < 4.78 is 0. The van der Waals surface area contributed by atoms with Crippen LogP contribution in [0.3, 0.4) is 0 Å². The van der Waals surface area contributed by atoms with E-state index in [9.17, 15) is 9.59 Å². The van der Waals surface area contributed by atoms with Gasteiger partial charge in [0, 0.05) is 22.3 Å². The molecule has 0 spiro atoms. The maximum atomic E-state index is 12.9. The van der Waals surface area contributed by atoms with Gasteiger partial charge in [-0.25, -0.2) is 0 Å². The van der Waals surface area contributed by atoms with Crippen molar-refractivity contribution in [2.45, 2.75) is 27.7 Å². The molecule has 0 saturated heterocycles. The Hall–Kier alpha value is -3.26. The van der Waals surface area contributed by atoms with E-state index in [4.69, 9.17) is 0 Å². The van der Waals surface area contributed by atoms with Crippen LogP contribution in [-0.2, 0) is 0 Å². The zero-order chi connectivity index (χ0) is 21.4. The average molecular weight is 395 g/mol. The highest BCUT2D eigenvalue weighted by molar-refractivity contribution is 6.17. The normalized spacial score (nSPS) is 18.6. The third-order valence-corrected chi connectivity index (χ3v) is 5.80. The molecule has 2 aliphatic rings. The van der Waals surface area contributed by atoms with Gasteiger partial charge in [0.25, 0.3) is 0 Å². The molecule has 0 bridgehead atoms. The maximum absolute atomic E-state index is 12.9. The highest BCUT2D eigenvalue weighted by Gasteiger charge is 2.26. The molecular weight excluding hydrogens is 368 g/mol. The number of hydrogen-bond acceptors (Lipinski definition) is 2. The molecule has 0 atom stereocenters. The van der Waals surface area contributed by atoms with Gasteiger partial charge in [0.05, 0.1) is 0 Å². The molecule has 0 heterocycles. The van der Waals surface area contributed by atoms with Crippen molar-refractivity contribution in [2.75, 3.05) is 0 Å². The highest BCUT2D eigenvalue weighted by atomic mass is 16.1. The van der Waals surface area contributed by atoms with Crippen molar-refractivity contribution in [3.63, 3.8) is 0 Å². The van der Waals surface area contributed by atoms with E-state index in [-0.39, 0.29) is 23.4 Å². The van der Waals surface area contributed by atoms with E-state index in [2.05, 4.69) is 12.2 Å². The van der Waals surface area contributed by atoms with Crippen LogP contribution in [0, 0.1) is 11.8 Å². The molecule has 0 saturated carbocycles. The Kier molecular flexibility index (Phi) is 5.26. The molecule has 4 rings (SSSR count). The summed E-state index contributed by atoms with van der Waals surface area (Å²) in [6.07, 6.45) is 8.17. The summed E-state index contributed by atoms with van der Waals surface area (Å²) in [6, 6.07) is 15.6. The number of benzene rings is 2. The van der Waals surface area contributed by atoms with Crippen LogP contribution in [0.2, 0.25) is 0 Å². The fraction of sp³-hybridized carbons (Fsp3) is 0.214. The SMILES string of the molecule is CC(C)C1=C/C(=C/C=C2\C=C(C(C)C)C(=O)c3ccccc32)c2ccccc2C1=O. The highest BCUT2D eigenvalue weighted by Crippen LogP contribution is 2.35. The van der Waals surface area contributed by atoms with Crippen LogP contribution in [-0.4, -0.2) is 11.6 Å². The zero-order valence-electron chi connectivity index (χ0n) is 17.9. The van der Waals surface area contributed by atoms with Gasteiger partial charge in [-0.15, -0.1) is 0 Å². The van der Waals surface area contributed by atoms with Crippen LogP contribution in [0.4, 0.5) is 0 Å². The van der Waals surface area contributed by atoms with E-state index < -0.39 is 0 Å². The number of carbonyl (C=O) groups excluding carboxylic acids is 2. The minimum atomic E-state index is 0.112. The van der Waals surface area contributed by atoms with Crippen molar-refractivity contribution in [1.29, 1.82) is 0 Å². The lowest BCUT2D eigenvalue weighted by atomic mass is 9.81. The molecular formula is C28H26O2. The van der Waals surface area contributed by atoms with Gasteiger partial charge in [0.15, 0.2) is 11.6 Å². The molecule has 0 fully saturated rings. The smallest absolute Gasteiger partial charge is 0.189 e. The topological polar surface area (TPSA) is 34.1 Å². The number of rotatable bonds is 3. The zero-order valence-corrected chi connectivity index (χ0v) is 17.9. The van der Waals surface area contributed by atoms with E-state index in [1.807, 2.05) is 88.4 Å². The number of allylic oxidation sites excluding steroid dienone is 8. The standard InChI is InChI=1S/C28H26O2/c1-17(2)25-15-19(21-9-5-7-11-23(21)27(25)29)13-14-20-16-26(18(3)4)28(30)24-12-8-6-10-22(20)24/h5-18H,1-4H3/b19-13-,20-14+. The first-order valence-electron chi connectivity index (χ1n) is 10.5. The number of carbonyl (C=O) groups is 2. The quantitative estimate of drug-likeness (QED) is 0.580. The molecule has 0 aliphatic heterocycles. The fourth-order valence-electron chi connectivity index (χ4n) is 4.11. The van der Waals surface area contributed by atoms with Gasteiger partial charge in [-0.2, -0.15) is 0 Å². The molecule has 2 aromatic rings. The molecule has 0 aromatic heterocycles. The molecule has 2 aromatic carbocycles. The van der Waals surface area contributed by atoms with Gasteiger partial charge < -0.3 is 0 Å². The van der Waals surface area contributed by atoms with Crippen LogP contribution < -0.4 is 0 Å². The summed E-state index contributed by atoms with van der Waals surface area (Å²) in [5.41, 5.74) is 7.13. The number of fused-ring (bicyclic) bond motifs is 2. The van der Waals surface area contributed by atoms with E-state index in [1.54, 1.807) is 0 Å². The van der Waals surface area contributed by atoms with Crippen LogP contribution in [0.25, 0.3) is 11.1 Å². The Labute approximate surface area is 178 Å². The van der Waals surface area contributed by atoms with E-state index in [0.717, 1.165) is 44.5 Å². The predicted octanol–water partition coefficient (Wildman–Crippen LogP) is 6.71. The van der Waals surface area contributed by atoms with E-state index in [0.29, 0.717) is 0 Å². The molecule has 0 amide bonds. The van der Waals surface area contributed by atoms with Crippen molar-refractivity contribution >= 4 is 22.7 Å². The van der Waals surface area contributed by atoms with Crippen LogP contribution in [0.5, 0.6) is 0 Å². The molecule has 2 heteroatoms. The lowest BCUT2D eigenvalue weighted by Gasteiger charge is -2.21. The van der Waals surface area contributed by atoms with Gasteiger partial charge in [-0.1, -0.05) is 88.4 Å². The predicted molar refractivity (Wildman–Crippen MR) is 123 cm³/mol. The molecule has 150 valence electrons. The van der Waals surface area contributed by atoms with Crippen molar-refractivity contribution in [1.82, 2.24) is 0 Å². The fourth-order valence-corrected chi connectivity index (χ4v) is 4.11. The van der Waals surface area contributed by atoms with Gasteiger partial charge in [-0.3, -0.25) is 9.59 Å². The molecule has 2 aliphatic carbocycles. The summed E-state index contributed by atoms with van der Waals surface area (Å²) >= 11 is 0. The molecule has 30 heavy (non-hydrogen) atoms. The van der Waals surface area contributed by atoms with Crippen LogP contribution >= 0.6 is 0 Å². The lowest BCUT2D eigenvalue weighted by molar-refractivity contribution is 0.101. The summed E-state index contributed by atoms with van der Waals surface area (Å²) in [7, 11) is 0. The Morgan fingerprint density at radius 3 is 1.23 bits per heavy atom. The first-order chi connectivity index (χ1) is 14.4. The maximum Gasteiger partial charge on any atom is 0.189 e. The second-order valence-electron chi connectivity index (χ2n) is 8.50. The Bertz CT molecular complexity index is 1070. The lowest BCUT2D eigenvalue weighted by Crippen LogP contribution is -2.16.